The summed E-state index contributed by atoms with van der Waals surface area (Å²) in [5.74, 6) is 0.506. The molecule has 1 fully saturated rings. The van der Waals surface area contributed by atoms with E-state index in [0.29, 0.717) is 31.2 Å². The second kappa shape index (κ2) is 12.3. The van der Waals surface area contributed by atoms with Crippen molar-refractivity contribution in [2.24, 2.45) is 4.99 Å². The van der Waals surface area contributed by atoms with Crippen molar-refractivity contribution in [3.05, 3.63) is 23.9 Å². The Hall–Kier alpha value is -1.99. The van der Waals surface area contributed by atoms with Crippen LogP contribution in [-0.4, -0.2) is 66.0 Å². The Kier molecular flexibility index (Phi) is 10.8. The van der Waals surface area contributed by atoms with Crippen molar-refractivity contribution in [1.82, 2.24) is 20.5 Å². The van der Waals surface area contributed by atoms with E-state index in [1.807, 2.05) is 11.8 Å². The maximum Gasteiger partial charge on any atom is 0.422 e. The van der Waals surface area contributed by atoms with Gasteiger partial charge in [-0.3, -0.25) is 0 Å². The van der Waals surface area contributed by atoms with Crippen LogP contribution in [0.5, 0.6) is 5.88 Å². The van der Waals surface area contributed by atoms with Crippen molar-refractivity contribution in [2.45, 2.75) is 58.5 Å². The van der Waals surface area contributed by atoms with Crippen LogP contribution < -0.4 is 15.4 Å². The largest absolute Gasteiger partial charge is 0.468 e. The van der Waals surface area contributed by atoms with Crippen LogP contribution in [0, 0.1) is 0 Å². The average molecular weight is 573 g/mol. The number of carbonyl (C=O) groups excluding carboxylic acids is 1. The zero-order valence-electron chi connectivity index (χ0n) is 18.7. The van der Waals surface area contributed by atoms with Gasteiger partial charge in [0.15, 0.2) is 12.6 Å². The van der Waals surface area contributed by atoms with Crippen molar-refractivity contribution in [3.63, 3.8) is 0 Å². The molecular weight excluding hydrogens is 542 g/mol. The summed E-state index contributed by atoms with van der Waals surface area (Å²) in [6.45, 7) is 7.83. The summed E-state index contributed by atoms with van der Waals surface area (Å²) in [6.07, 6.45) is -2.82. The number of hydrogen-bond acceptors (Lipinski definition) is 5. The summed E-state index contributed by atoms with van der Waals surface area (Å²) in [6, 6.07) is 3.15. The highest BCUT2D eigenvalue weighted by atomic mass is 127. The van der Waals surface area contributed by atoms with Gasteiger partial charge < -0.3 is 25.0 Å². The molecule has 1 unspecified atom stereocenters. The third-order valence-corrected chi connectivity index (χ3v) is 4.17. The molecular formula is C20H31F3IN5O3. The van der Waals surface area contributed by atoms with Gasteiger partial charge in [0, 0.05) is 31.4 Å². The molecule has 1 aliphatic rings. The molecule has 8 nitrogen and oxygen atoms in total. The second-order valence-electron chi connectivity index (χ2n) is 8.12. The Balaban J connectivity index is 0.00000512. The van der Waals surface area contributed by atoms with E-state index in [1.54, 1.807) is 32.9 Å². The van der Waals surface area contributed by atoms with Gasteiger partial charge in [-0.05, 0) is 40.2 Å². The summed E-state index contributed by atoms with van der Waals surface area (Å²) in [5, 5.41) is 6.03. The average Bonchev–Trinajstić information content (AvgIpc) is 3.10. The molecule has 182 valence electrons. The number of aliphatic imine (C=N–C) groups is 1. The minimum Gasteiger partial charge on any atom is -0.468 e. The van der Waals surface area contributed by atoms with E-state index in [2.05, 4.69) is 20.6 Å². The summed E-state index contributed by atoms with van der Waals surface area (Å²) < 4.78 is 47.5. The minimum absolute atomic E-state index is 0. The lowest BCUT2D eigenvalue weighted by Crippen LogP contribution is -2.44. The van der Waals surface area contributed by atoms with E-state index in [-0.39, 0.29) is 42.4 Å². The molecule has 1 aliphatic heterocycles. The molecule has 12 heteroatoms. The number of hydrogen-bond donors (Lipinski definition) is 2. The van der Waals surface area contributed by atoms with Crippen LogP contribution in [0.4, 0.5) is 18.0 Å². The van der Waals surface area contributed by atoms with Gasteiger partial charge in [-0.15, -0.1) is 24.0 Å². The Morgan fingerprint density at radius 3 is 2.69 bits per heavy atom. The zero-order valence-corrected chi connectivity index (χ0v) is 21.0. The smallest absolute Gasteiger partial charge is 0.422 e. The molecule has 0 spiro atoms. The van der Waals surface area contributed by atoms with Crippen LogP contribution in [0.3, 0.4) is 0 Å². The fraction of sp³-hybridized carbons (Fsp3) is 0.650. The number of amides is 1. The lowest BCUT2D eigenvalue weighted by atomic mass is 10.2. The molecule has 1 aromatic heterocycles. The monoisotopic (exact) mass is 573 g/mol. The normalized spacial score (nSPS) is 16.9. The topological polar surface area (TPSA) is 88.1 Å². The number of carbonyl (C=O) groups is 1. The maximum atomic E-state index is 12.5. The maximum absolute atomic E-state index is 12.5. The first-order valence-corrected chi connectivity index (χ1v) is 10.1. The first kappa shape index (κ1) is 28.0. The van der Waals surface area contributed by atoms with E-state index in [9.17, 15) is 18.0 Å². The van der Waals surface area contributed by atoms with Crippen molar-refractivity contribution in [2.75, 3.05) is 26.2 Å². The Morgan fingerprint density at radius 2 is 2.06 bits per heavy atom. The molecule has 1 amide bonds. The molecule has 2 rings (SSSR count). The highest BCUT2D eigenvalue weighted by molar-refractivity contribution is 14.0. The van der Waals surface area contributed by atoms with Gasteiger partial charge in [0.05, 0.1) is 12.6 Å². The molecule has 1 aromatic rings. The van der Waals surface area contributed by atoms with E-state index < -0.39 is 24.5 Å². The minimum atomic E-state index is -4.45. The number of likely N-dealkylation sites (tertiary alicyclic amines) is 1. The number of nitrogens with zero attached hydrogens (tertiary/aromatic N) is 3. The van der Waals surface area contributed by atoms with Crippen LogP contribution in [0.25, 0.3) is 0 Å². The Labute approximate surface area is 203 Å². The van der Waals surface area contributed by atoms with Gasteiger partial charge in [0.25, 0.3) is 0 Å². The predicted molar refractivity (Wildman–Crippen MR) is 125 cm³/mol. The molecule has 0 aromatic carbocycles. The van der Waals surface area contributed by atoms with E-state index in [4.69, 9.17) is 9.47 Å². The van der Waals surface area contributed by atoms with Crippen molar-refractivity contribution >= 4 is 36.0 Å². The lowest BCUT2D eigenvalue weighted by molar-refractivity contribution is -0.154. The summed E-state index contributed by atoms with van der Waals surface area (Å²) in [4.78, 5) is 22.4. The summed E-state index contributed by atoms with van der Waals surface area (Å²) in [7, 11) is 0. The van der Waals surface area contributed by atoms with Crippen LogP contribution in [0.15, 0.2) is 23.3 Å². The van der Waals surface area contributed by atoms with Gasteiger partial charge >= 0.3 is 12.3 Å². The highest BCUT2D eigenvalue weighted by Gasteiger charge is 2.30. The number of aromatic nitrogens is 1. The fourth-order valence-electron chi connectivity index (χ4n) is 2.96. The van der Waals surface area contributed by atoms with Crippen molar-refractivity contribution in [1.29, 1.82) is 0 Å². The van der Waals surface area contributed by atoms with Crippen LogP contribution in [0.1, 0.15) is 39.7 Å². The number of guanidine groups is 1. The number of pyridine rings is 1. The van der Waals surface area contributed by atoms with Crippen LogP contribution in [-0.2, 0) is 11.3 Å². The van der Waals surface area contributed by atoms with Gasteiger partial charge in [-0.2, -0.15) is 13.2 Å². The number of alkyl carbamates (subject to hydrolysis) is 1. The summed E-state index contributed by atoms with van der Waals surface area (Å²) in [5.41, 5.74) is -0.126. The number of halogens is 4. The predicted octanol–water partition coefficient (Wildman–Crippen LogP) is 3.71. The summed E-state index contributed by atoms with van der Waals surface area (Å²) >= 11 is 0. The standard InChI is InChI=1S/C20H30F3N5O3.HI/c1-5-24-17(28-10-8-15(12-28)27-18(29)31-19(2,3)4)26-11-14-7-6-9-25-16(14)30-13-20(21,22)23;/h6-7,9,15H,5,8,10-13H2,1-4H3,(H,24,26)(H,27,29);1H. The van der Waals surface area contributed by atoms with Gasteiger partial charge in [0.2, 0.25) is 5.88 Å². The molecule has 0 bridgehead atoms. The van der Waals surface area contributed by atoms with Crippen molar-refractivity contribution < 1.29 is 27.4 Å². The lowest BCUT2D eigenvalue weighted by Gasteiger charge is -2.23. The first-order valence-electron chi connectivity index (χ1n) is 10.1. The fourth-order valence-corrected chi connectivity index (χ4v) is 2.96. The van der Waals surface area contributed by atoms with Gasteiger partial charge in [0.1, 0.15) is 5.60 Å². The second-order valence-corrected chi connectivity index (χ2v) is 8.12. The van der Waals surface area contributed by atoms with Gasteiger partial charge in [-0.1, -0.05) is 6.07 Å². The molecule has 32 heavy (non-hydrogen) atoms. The van der Waals surface area contributed by atoms with E-state index in [0.717, 1.165) is 6.42 Å². The molecule has 2 N–H and O–H groups in total. The molecule has 2 heterocycles. The third kappa shape index (κ3) is 10.1. The molecule has 0 radical (unpaired) electrons. The molecule has 1 saturated heterocycles. The Bertz CT molecular complexity index is 772. The Morgan fingerprint density at radius 1 is 1.34 bits per heavy atom. The first-order chi connectivity index (χ1) is 14.5. The molecule has 0 saturated carbocycles. The number of ether oxygens (including phenoxy) is 2. The molecule has 0 aliphatic carbocycles. The third-order valence-electron chi connectivity index (χ3n) is 4.17. The van der Waals surface area contributed by atoms with Crippen LogP contribution in [0.2, 0.25) is 0 Å². The van der Waals surface area contributed by atoms with E-state index >= 15 is 0 Å². The number of alkyl halides is 3. The van der Waals surface area contributed by atoms with Crippen LogP contribution >= 0.6 is 24.0 Å². The molecule has 1 atom stereocenters. The van der Waals surface area contributed by atoms with Gasteiger partial charge in [-0.25, -0.2) is 14.8 Å². The number of nitrogens with one attached hydrogen (secondary N) is 2. The number of rotatable bonds is 6. The highest BCUT2D eigenvalue weighted by Crippen LogP contribution is 2.21. The zero-order chi connectivity index (χ0) is 23.1. The van der Waals surface area contributed by atoms with E-state index in [1.165, 1.54) is 6.20 Å². The quantitative estimate of drug-likeness (QED) is 0.307. The van der Waals surface area contributed by atoms with Crippen molar-refractivity contribution in [3.8, 4) is 5.88 Å². The SMILES string of the molecule is CCNC(=NCc1cccnc1OCC(F)(F)F)N1CCC(NC(=O)OC(C)(C)C)C1.I.